The first-order valence-electron chi connectivity index (χ1n) is 14.4. The molecule has 0 spiro atoms. The smallest absolute Gasteiger partial charge is 0.156 e. The van der Waals surface area contributed by atoms with Gasteiger partial charge in [-0.3, -0.25) is 4.90 Å². The second-order valence-corrected chi connectivity index (χ2v) is 10.9. The molecule has 2 aliphatic heterocycles. The number of rotatable bonds is 11. The van der Waals surface area contributed by atoms with Crippen molar-refractivity contribution >= 4 is 29.0 Å². The average Bonchev–Trinajstić information content (AvgIpc) is 2.97. The third kappa shape index (κ3) is 7.75. The molecule has 0 aliphatic carbocycles. The Morgan fingerprint density at radius 2 is 1.68 bits per heavy atom. The van der Waals surface area contributed by atoms with Crippen LogP contribution >= 0.6 is 12.4 Å². The van der Waals surface area contributed by atoms with Crippen molar-refractivity contribution in [3.63, 3.8) is 0 Å². The number of ether oxygens (including phenoxy) is 3. The molecule has 0 saturated carbocycles. The van der Waals surface area contributed by atoms with Crippen molar-refractivity contribution in [2.75, 3.05) is 52.8 Å². The summed E-state index contributed by atoms with van der Waals surface area (Å²) in [4.78, 5) is 5.02. The van der Waals surface area contributed by atoms with Crippen molar-refractivity contribution in [2.45, 2.75) is 63.8 Å². The molecule has 9 heteroatoms. The van der Waals surface area contributed by atoms with Crippen molar-refractivity contribution in [1.82, 2.24) is 20.0 Å². The lowest BCUT2D eigenvalue weighted by Crippen LogP contribution is -2.38. The number of hydrogen-bond donors (Lipinski definition) is 1. The van der Waals surface area contributed by atoms with Crippen LogP contribution in [0.25, 0.3) is 10.8 Å². The van der Waals surface area contributed by atoms with Gasteiger partial charge in [0, 0.05) is 49.6 Å². The molecule has 3 heterocycles. The van der Waals surface area contributed by atoms with Gasteiger partial charge >= 0.3 is 0 Å². The number of anilines is 1. The Hall–Kier alpha value is -2.65. The maximum atomic E-state index is 6.06. The van der Waals surface area contributed by atoms with Crippen LogP contribution in [0.15, 0.2) is 42.5 Å². The molecule has 2 aromatic carbocycles. The monoisotopic (exact) mass is 569 g/mol. The summed E-state index contributed by atoms with van der Waals surface area (Å²) in [5.74, 6) is 2.60. The van der Waals surface area contributed by atoms with Crippen LogP contribution in [0.1, 0.15) is 49.8 Å². The number of methoxy groups -OCH3 is 2. The molecule has 1 unspecified atom stereocenters. The number of benzene rings is 2. The van der Waals surface area contributed by atoms with E-state index in [9.17, 15) is 0 Å². The Morgan fingerprint density at radius 1 is 0.900 bits per heavy atom. The third-order valence-corrected chi connectivity index (χ3v) is 8.24. The molecule has 1 aromatic heterocycles. The normalized spacial score (nSPS) is 18.8. The summed E-state index contributed by atoms with van der Waals surface area (Å²) in [5, 5.41) is 14.7. The lowest BCUT2D eigenvalue weighted by atomic mass is 10.0. The van der Waals surface area contributed by atoms with E-state index in [1.807, 2.05) is 18.2 Å². The maximum absolute atomic E-state index is 6.06. The van der Waals surface area contributed by atoms with Crippen LogP contribution in [-0.2, 0) is 17.9 Å². The van der Waals surface area contributed by atoms with E-state index in [-0.39, 0.29) is 12.4 Å². The van der Waals surface area contributed by atoms with Gasteiger partial charge in [-0.2, -0.15) is 5.10 Å². The zero-order chi connectivity index (χ0) is 27.0. The molecule has 2 saturated heterocycles. The largest absolute Gasteiger partial charge is 0.497 e. The highest BCUT2D eigenvalue weighted by Crippen LogP contribution is 2.29. The predicted molar refractivity (Wildman–Crippen MR) is 163 cm³/mol. The Balaban J connectivity index is 0.00000370. The Morgan fingerprint density at radius 3 is 2.40 bits per heavy atom. The molecule has 2 aliphatic rings. The van der Waals surface area contributed by atoms with Gasteiger partial charge in [0.1, 0.15) is 11.5 Å². The Bertz CT molecular complexity index is 1200. The van der Waals surface area contributed by atoms with Crippen LogP contribution < -0.4 is 14.8 Å². The molecule has 5 rings (SSSR count). The number of piperidine rings is 2. The van der Waals surface area contributed by atoms with Crippen LogP contribution in [0.4, 0.5) is 5.82 Å². The van der Waals surface area contributed by atoms with Crippen LogP contribution in [0.5, 0.6) is 11.5 Å². The maximum Gasteiger partial charge on any atom is 0.156 e. The van der Waals surface area contributed by atoms with E-state index in [0.717, 1.165) is 79.3 Å². The zero-order valence-corrected chi connectivity index (χ0v) is 24.9. The number of fused-ring (bicyclic) bond motifs is 1. The Kier molecular flexibility index (Phi) is 11.2. The number of aromatic nitrogens is 2. The summed E-state index contributed by atoms with van der Waals surface area (Å²) < 4.78 is 16.9. The van der Waals surface area contributed by atoms with E-state index in [1.165, 1.54) is 31.4 Å². The molecule has 8 nitrogen and oxygen atoms in total. The molecule has 40 heavy (non-hydrogen) atoms. The minimum atomic E-state index is 0. The highest BCUT2D eigenvalue weighted by molar-refractivity contribution is 5.94. The van der Waals surface area contributed by atoms with Gasteiger partial charge in [0.2, 0.25) is 0 Å². The predicted octanol–water partition coefficient (Wildman–Crippen LogP) is 5.54. The quantitative estimate of drug-likeness (QED) is 0.323. The standard InChI is InChI=1S/C31H43N5O3.ClH/c1-35-16-5-4-6-25(35)15-19-39-26-9-7-23(8-10-26)21-36-17-13-24(14-18-36)32-31-29-20-27(38-3)11-12-28(29)30(22-37-2)33-34-31;/h7-12,20,24-25H,4-6,13-19,21-22H2,1-3H3,(H,32,34);1H. The number of likely N-dealkylation sites (tertiary alicyclic amines) is 2. The summed E-state index contributed by atoms with van der Waals surface area (Å²) in [7, 11) is 5.61. The first-order valence-corrected chi connectivity index (χ1v) is 14.4. The van der Waals surface area contributed by atoms with Crippen LogP contribution in [0, 0.1) is 0 Å². The van der Waals surface area contributed by atoms with E-state index in [4.69, 9.17) is 14.2 Å². The first kappa shape index (κ1) is 30.3. The number of hydrogen-bond acceptors (Lipinski definition) is 8. The number of halogens is 1. The summed E-state index contributed by atoms with van der Waals surface area (Å²) >= 11 is 0. The summed E-state index contributed by atoms with van der Waals surface area (Å²) in [6.45, 7) is 5.49. The number of nitrogens with one attached hydrogen (secondary N) is 1. The van der Waals surface area contributed by atoms with E-state index < -0.39 is 0 Å². The van der Waals surface area contributed by atoms with E-state index in [1.54, 1.807) is 14.2 Å². The minimum absolute atomic E-state index is 0. The summed E-state index contributed by atoms with van der Waals surface area (Å²) in [6.07, 6.45) is 7.19. The van der Waals surface area contributed by atoms with E-state index in [2.05, 4.69) is 56.6 Å². The van der Waals surface area contributed by atoms with Crippen molar-refractivity contribution in [3.8, 4) is 11.5 Å². The van der Waals surface area contributed by atoms with Crippen molar-refractivity contribution in [3.05, 3.63) is 53.7 Å². The molecule has 1 N–H and O–H groups in total. The second-order valence-electron chi connectivity index (χ2n) is 10.9. The van der Waals surface area contributed by atoms with Crippen molar-refractivity contribution in [1.29, 1.82) is 0 Å². The van der Waals surface area contributed by atoms with Crippen LogP contribution in [0.3, 0.4) is 0 Å². The molecule has 0 bridgehead atoms. The van der Waals surface area contributed by atoms with Gasteiger partial charge in [-0.1, -0.05) is 18.6 Å². The van der Waals surface area contributed by atoms with Gasteiger partial charge in [0.15, 0.2) is 5.82 Å². The highest BCUT2D eigenvalue weighted by atomic mass is 35.5. The van der Waals surface area contributed by atoms with E-state index >= 15 is 0 Å². The summed E-state index contributed by atoms with van der Waals surface area (Å²) in [6, 6.07) is 15.7. The molecular weight excluding hydrogens is 526 g/mol. The lowest BCUT2D eigenvalue weighted by molar-refractivity contribution is 0.153. The summed E-state index contributed by atoms with van der Waals surface area (Å²) in [5.41, 5.74) is 2.17. The van der Waals surface area contributed by atoms with Gasteiger partial charge in [0.05, 0.1) is 26.0 Å². The lowest BCUT2D eigenvalue weighted by Gasteiger charge is -2.33. The van der Waals surface area contributed by atoms with Crippen molar-refractivity contribution in [2.24, 2.45) is 0 Å². The zero-order valence-electron chi connectivity index (χ0n) is 24.1. The topological polar surface area (TPSA) is 72.0 Å². The van der Waals surface area contributed by atoms with Gasteiger partial charge < -0.3 is 24.4 Å². The molecule has 218 valence electrons. The Labute approximate surface area is 244 Å². The molecule has 0 amide bonds. The van der Waals surface area contributed by atoms with Crippen molar-refractivity contribution < 1.29 is 14.2 Å². The van der Waals surface area contributed by atoms with Crippen LogP contribution in [-0.4, -0.2) is 79.6 Å². The fourth-order valence-corrected chi connectivity index (χ4v) is 5.87. The second kappa shape index (κ2) is 14.8. The fourth-order valence-electron chi connectivity index (χ4n) is 5.87. The molecule has 3 aromatic rings. The molecule has 1 atom stereocenters. The molecule has 2 fully saturated rings. The van der Waals surface area contributed by atoms with Gasteiger partial charge in [-0.25, -0.2) is 0 Å². The number of nitrogens with zero attached hydrogens (tertiary/aromatic N) is 4. The minimum Gasteiger partial charge on any atom is -0.497 e. The fraction of sp³-hybridized carbons (Fsp3) is 0.548. The van der Waals surface area contributed by atoms with E-state index in [0.29, 0.717) is 18.7 Å². The van der Waals surface area contributed by atoms with Gasteiger partial charge in [-0.15, -0.1) is 17.5 Å². The molecular formula is C31H44ClN5O3. The SMILES string of the molecule is COCc1nnc(NC2CCN(Cc3ccc(OCCC4CCCCN4C)cc3)CC2)c2cc(OC)ccc12.Cl. The first-order chi connectivity index (χ1) is 19.1. The highest BCUT2D eigenvalue weighted by Gasteiger charge is 2.22. The molecule has 0 radical (unpaired) electrons. The van der Waals surface area contributed by atoms with Gasteiger partial charge in [-0.05, 0) is 81.6 Å². The van der Waals surface area contributed by atoms with Gasteiger partial charge in [0.25, 0.3) is 0 Å². The van der Waals surface area contributed by atoms with Crippen LogP contribution in [0.2, 0.25) is 0 Å². The third-order valence-electron chi connectivity index (χ3n) is 8.24. The average molecular weight is 570 g/mol.